The lowest BCUT2D eigenvalue weighted by atomic mass is 10.1. The van der Waals surface area contributed by atoms with Crippen LogP contribution < -0.4 is 10.2 Å². The Labute approximate surface area is 185 Å². The van der Waals surface area contributed by atoms with Crippen LogP contribution in [0.4, 0.5) is 10.7 Å². The second-order valence-electron chi connectivity index (χ2n) is 7.42. The molecule has 4 rings (SSSR count). The second-order valence-corrected chi connectivity index (χ2v) is 10.0. The van der Waals surface area contributed by atoms with Crippen molar-refractivity contribution in [2.45, 2.75) is 44.4 Å². The molecule has 3 heterocycles. The van der Waals surface area contributed by atoms with Gasteiger partial charge in [-0.2, -0.15) is 8.42 Å². The first-order chi connectivity index (χ1) is 14.8. The Bertz CT molecular complexity index is 1180. The molecule has 2 aromatic rings. The van der Waals surface area contributed by atoms with Crippen molar-refractivity contribution in [2.24, 2.45) is 4.40 Å². The maximum absolute atomic E-state index is 12.8. The number of amides is 1. The predicted molar refractivity (Wildman–Crippen MR) is 120 cm³/mol. The summed E-state index contributed by atoms with van der Waals surface area (Å²) in [5, 5.41) is 3.23. The van der Waals surface area contributed by atoms with E-state index >= 15 is 0 Å². The summed E-state index contributed by atoms with van der Waals surface area (Å²) in [7, 11) is -3.87. The van der Waals surface area contributed by atoms with Crippen molar-refractivity contribution in [1.82, 2.24) is 0 Å². The summed E-state index contributed by atoms with van der Waals surface area (Å²) in [4.78, 5) is 27.2. The standard InChI is InChI=1S/C21H23N3O5S2/c1-3-29-21(26)19-13(2)11-18(30-19)22-20(25)14-8-9-15-16(12-14)31(27,28)23-17-7-5-4-6-10-24(15)17/h8-9,11-12H,3-7,10H2,1-2H3,(H,22,25). The van der Waals surface area contributed by atoms with Gasteiger partial charge < -0.3 is 15.0 Å². The van der Waals surface area contributed by atoms with Crippen molar-refractivity contribution >= 4 is 49.8 Å². The number of ether oxygens (including phenoxy) is 1. The van der Waals surface area contributed by atoms with Crippen molar-refractivity contribution in [2.75, 3.05) is 23.4 Å². The molecule has 31 heavy (non-hydrogen) atoms. The number of anilines is 2. The largest absolute Gasteiger partial charge is 0.462 e. The SMILES string of the molecule is CCOC(=O)c1sc(NC(=O)c2ccc3c(c2)S(=O)(=O)N=C2CCCCCN23)cc1C. The van der Waals surface area contributed by atoms with Gasteiger partial charge in [-0.15, -0.1) is 15.7 Å². The molecule has 0 radical (unpaired) electrons. The molecule has 164 valence electrons. The molecule has 1 saturated heterocycles. The van der Waals surface area contributed by atoms with Gasteiger partial charge in [0.1, 0.15) is 15.6 Å². The lowest BCUT2D eigenvalue weighted by Gasteiger charge is -2.29. The Morgan fingerprint density at radius 1 is 1.23 bits per heavy atom. The molecule has 8 nitrogen and oxygen atoms in total. The number of thiophene rings is 1. The molecule has 0 aliphatic carbocycles. The Morgan fingerprint density at radius 3 is 2.81 bits per heavy atom. The zero-order valence-corrected chi connectivity index (χ0v) is 18.9. The van der Waals surface area contributed by atoms with Gasteiger partial charge in [-0.05, 0) is 56.5 Å². The Balaban J connectivity index is 1.61. The average molecular weight is 462 g/mol. The Hall–Kier alpha value is -2.72. The molecule has 0 spiro atoms. The molecule has 0 unspecified atom stereocenters. The molecular formula is C21H23N3O5S2. The number of rotatable bonds is 4. The van der Waals surface area contributed by atoms with Gasteiger partial charge in [-0.1, -0.05) is 6.42 Å². The molecule has 1 N–H and O–H groups in total. The third kappa shape index (κ3) is 4.22. The molecule has 1 aromatic carbocycles. The van der Waals surface area contributed by atoms with Gasteiger partial charge in [0.15, 0.2) is 0 Å². The van der Waals surface area contributed by atoms with Crippen molar-refractivity contribution in [3.05, 3.63) is 40.3 Å². The van der Waals surface area contributed by atoms with Gasteiger partial charge in [0.05, 0.1) is 17.3 Å². The zero-order chi connectivity index (χ0) is 22.2. The predicted octanol–water partition coefficient (Wildman–Crippen LogP) is 3.97. The first kappa shape index (κ1) is 21.5. The molecular weight excluding hydrogens is 438 g/mol. The maximum atomic E-state index is 12.8. The van der Waals surface area contributed by atoms with E-state index in [1.165, 1.54) is 6.07 Å². The van der Waals surface area contributed by atoms with E-state index in [4.69, 9.17) is 4.74 Å². The number of sulfonamides is 1. The molecule has 1 aromatic heterocycles. The first-order valence-corrected chi connectivity index (χ1v) is 12.4. The van der Waals surface area contributed by atoms with Crippen LogP contribution in [-0.4, -0.2) is 39.3 Å². The minimum Gasteiger partial charge on any atom is -0.462 e. The molecule has 0 saturated carbocycles. The zero-order valence-electron chi connectivity index (χ0n) is 17.3. The topological polar surface area (TPSA) is 105 Å². The highest BCUT2D eigenvalue weighted by Gasteiger charge is 2.32. The summed E-state index contributed by atoms with van der Waals surface area (Å²) in [6.07, 6.45) is 3.52. The molecule has 1 fully saturated rings. The summed E-state index contributed by atoms with van der Waals surface area (Å²) in [6.45, 7) is 4.47. The highest BCUT2D eigenvalue weighted by molar-refractivity contribution is 7.90. The third-order valence-corrected chi connectivity index (χ3v) is 7.69. The first-order valence-electron chi connectivity index (χ1n) is 10.1. The number of nitrogens with zero attached hydrogens (tertiary/aromatic N) is 2. The highest BCUT2D eigenvalue weighted by Crippen LogP contribution is 2.35. The van der Waals surface area contributed by atoms with Crippen molar-refractivity contribution in [3.8, 4) is 0 Å². The summed E-state index contributed by atoms with van der Waals surface area (Å²) >= 11 is 1.12. The number of aryl methyl sites for hydroxylation is 1. The van der Waals surface area contributed by atoms with Gasteiger partial charge in [0, 0.05) is 18.5 Å². The van der Waals surface area contributed by atoms with Crippen LogP contribution in [-0.2, 0) is 14.8 Å². The second kappa shape index (κ2) is 8.43. The highest BCUT2D eigenvalue weighted by atomic mass is 32.2. The van der Waals surface area contributed by atoms with Gasteiger partial charge in [0.25, 0.3) is 15.9 Å². The normalized spacial score (nSPS) is 17.1. The van der Waals surface area contributed by atoms with E-state index in [1.807, 2.05) is 4.90 Å². The summed E-state index contributed by atoms with van der Waals surface area (Å²) < 4.78 is 34.6. The van der Waals surface area contributed by atoms with E-state index in [0.717, 1.165) is 30.6 Å². The van der Waals surface area contributed by atoms with Gasteiger partial charge in [-0.3, -0.25) is 4.79 Å². The van der Waals surface area contributed by atoms with Crippen LogP contribution in [0.25, 0.3) is 0 Å². The number of benzene rings is 1. The van der Waals surface area contributed by atoms with Crippen molar-refractivity contribution < 1.29 is 22.7 Å². The molecule has 10 heteroatoms. The monoisotopic (exact) mass is 461 g/mol. The van der Waals surface area contributed by atoms with Crippen LogP contribution in [0.1, 0.15) is 58.2 Å². The molecule has 0 atom stereocenters. The van der Waals surface area contributed by atoms with E-state index < -0.39 is 21.9 Å². The van der Waals surface area contributed by atoms with Crippen LogP contribution in [0.5, 0.6) is 0 Å². The number of nitrogens with one attached hydrogen (secondary N) is 1. The minimum atomic E-state index is -3.87. The molecule has 1 amide bonds. The van der Waals surface area contributed by atoms with Gasteiger partial charge in [-0.25, -0.2) is 4.79 Å². The lowest BCUT2D eigenvalue weighted by Crippen LogP contribution is -2.35. The van der Waals surface area contributed by atoms with Crippen LogP contribution in [0.3, 0.4) is 0 Å². The van der Waals surface area contributed by atoms with Crippen LogP contribution in [0, 0.1) is 6.92 Å². The number of carbonyl (C=O) groups is 2. The quantitative estimate of drug-likeness (QED) is 0.691. The van der Waals surface area contributed by atoms with Crippen LogP contribution >= 0.6 is 11.3 Å². The number of carbonyl (C=O) groups excluding carboxylic acids is 2. The fourth-order valence-corrected chi connectivity index (χ4v) is 5.99. The number of hydrogen-bond acceptors (Lipinski definition) is 7. The van der Waals surface area contributed by atoms with E-state index in [0.29, 0.717) is 39.9 Å². The lowest BCUT2D eigenvalue weighted by molar-refractivity contribution is 0.0531. The maximum Gasteiger partial charge on any atom is 0.348 e. The smallest absolute Gasteiger partial charge is 0.348 e. The fraction of sp³-hybridized carbons (Fsp3) is 0.381. The fourth-order valence-electron chi connectivity index (χ4n) is 3.75. The van der Waals surface area contributed by atoms with Crippen molar-refractivity contribution in [3.63, 3.8) is 0 Å². The number of hydrogen-bond donors (Lipinski definition) is 1. The molecule has 0 bridgehead atoms. The average Bonchev–Trinajstić information content (AvgIpc) is 2.93. The number of amidine groups is 1. The number of esters is 1. The molecule has 2 aliphatic heterocycles. The van der Waals surface area contributed by atoms with Crippen LogP contribution in [0.2, 0.25) is 0 Å². The van der Waals surface area contributed by atoms with E-state index in [9.17, 15) is 18.0 Å². The summed E-state index contributed by atoms with van der Waals surface area (Å²) in [5.41, 5.74) is 1.48. The Morgan fingerprint density at radius 2 is 2.03 bits per heavy atom. The van der Waals surface area contributed by atoms with Crippen LogP contribution in [0.15, 0.2) is 33.6 Å². The van der Waals surface area contributed by atoms with Crippen molar-refractivity contribution in [1.29, 1.82) is 0 Å². The third-order valence-electron chi connectivity index (χ3n) is 5.23. The van der Waals surface area contributed by atoms with E-state index in [1.54, 1.807) is 32.0 Å². The molecule has 2 aliphatic rings. The minimum absolute atomic E-state index is 0.0420. The summed E-state index contributed by atoms with van der Waals surface area (Å²) in [5.74, 6) is -0.320. The van der Waals surface area contributed by atoms with Gasteiger partial charge in [0.2, 0.25) is 0 Å². The van der Waals surface area contributed by atoms with E-state index in [2.05, 4.69) is 9.71 Å². The van der Waals surface area contributed by atoms with Gasteiger partial charge >= 0.3 is 5.97 Å². The Kier molecular flexibility index (Phi) is 5.85. The summed E-state index contributed by atoms with van der Waals surface area (Å²) in [6, 6.07) is 6.35. The van der Waals surface area contributed by atoms with E-state index in [-0.39, 0.29) is 17.1 Å². The number of fused-ring (bicyclic) bond motifs is 3.